The molecule has 4 nitrogen and oxygen atoms in total. The molecule has 134 valence electrons. The van der Waals surface area contributed by atoms with Gasteiger partial charge in [-0.05, 0) is 53.9 Å². The summed E-state index contributed by atoms with van der Waals surface area (Å²) in [6.07, 6.45) is 1.08. The molecule has 3 aromatic rings. The van der Waals surface area contributed by atoms with Crippen molar-refractivity contribution in [2.75, 3.05) is 20.8 Å². The maximum atomic E-state index is 5.36. The molecule has 5 heteroatoms. The molecule has 1 aliphatic rings. The lowest BCUT2D eigenvalue weighted by Crippen LogP contribution is -2.30. The third kappa shape index (κ3) is 3.59. The molecule has 4 rings (SSSR count). The van der Waals surface area contributed by atoms with E-state index in [1.54, 1.807) is 25.6 Å². The lowest BCUT2D eigenvalue weighted by atomic mass is 9.99. The van der Waals surface area contributed by atoms with Gasteiger partial charge in [0.25, 0.3) is 0 Å². The lowest BCUT2D eigenvalue weighted by molar-refractivity contribution is 0.242. The van der Waals surface area contributed by atoms with Crippen molar-refractivity contribution >= 4 is 11.3 Å². The van der Waals surface area contributed by atoms with E-state index in [1.165, 1.54) is 11.1 Å². The molecule has 1 aromatic heterocycles. The predicted molar refractivity (Wildman–Crippen MR) is 105 cm³/mol. The Morgan fingerprint density at radius 3 is 2.54 bits per heavy atom. The van der Waals surface area contributed by atoms with Crippen LogP contribution in [0.2, 0.25) is 0 Å². The van der Waals surface area contributed by atoms with Gasteiger partial charge in [-0.1, -0.05) is 6.07 Å². The first-order chi connectivity index (χ1) is 12.7. The SMILES string of the molecule is COc1ccc(-c2nc(CN3CCc4ccc(OC)cc4C3)cs2)cc1. The molecule has 1 aliphatic heterocycles. The zero-order chi connectivity index (χ0) is 17.9. The smallest absolute Gasteiger partial charge is 0.123 e. The van der Waals surface area contributed by atoms with Gasteiger partial charge in [0.15, 0.2) is 0 Å². The Hall–Kier alpha value is -2.37. The second-order valence-corrected chi connectivity index (χ2v) is 7.33. The van der Waals surface area contributed by atoms with Gasteiger partial charge in [-0.15, -0.1) is 11.3 Å². The minimum Gasteiger partial charge on any atom is -0.497 e. The van der Waals surface area contributed by atoms with E-state index in [9.17, 15) is 0 Å². The Bertz CT molecular complexity index is 889. The van der Waals surface area contributed by atoms with E-state index in [0.29, 0.717) is 0 Å². The second-order valence-electron chi connectivity index (χ2n) is 6.47. The molecule has 0 aliphatic carbocycles. The normalized spacial score (nSPS) is 14.1. The number of rotatable bonds is 5. The van der Waals surface area contributed by atoms with Crippen molar-refractivity contribution in [3.8, 4) is 22.1 Å². The van der Waals surface area contributed by atoms with Gasteiger partial charge in [-0.2, -0.15) is 0 Å². The molecule has 0 saturated carbocycles. The largest absolute Gasteiger partial charge is 0.497 e. The minimum atomic E-state index is 0.868. The first-order valence-electron chi connectivity index (χ1n) is 8.72. The van der Waals surface area contributed by atoms with Crippen molar-refractivity contribution in [3.05, 3.63) is 64.7 Å². The van der Waals surface area contributed by atoms with Crippen molar-refractivity contribution in [2.45, 2.75) is 19.5 Å². The van der Waals surface area contributed by atoms with E-state index in [-0.39, 0.29) is 0 Å². The van der Waals surface area contributed by atoms with Crippen molar-refractivity contribution in [1.82, 2.24) is 9.88 Å². The van der Waals surface area contributed by atoms with Crippen LogP contribution in [0.25, 0.3) is 10.6 Å². The number of nitrogens with zero attached hydrogens (tertiary/aromatic N) is 2. The zero-order valence-corrected chi connectivity index (χ0v) is 15.9. The number of methoxy groups -OCH3 is 2. The third-order valence-electron chi connectivity index (χ3n) is 4.78. The highest BCUT2D eigenvalue weighted by molar-refractivity contribution is 7.13. The summed E-state index contributed by atoms with van der Waals surface area (Å²) in [7, 11) is 3.40. The fourth-order valence-electron chi connectivity index (χ4n) is 3.33. The first-order valence-corrected chi connectivity index (χ1v) is 9.60. The summed E-state index contributed by atoms with van der Waals surface area (Å²) in [6.45, 7) is 2.89. The Labute approximate surface area is 158 Å². The van der Waals surface area contributed by atoms with Crippen molar-refractivity contribution in [1.29, 1.82) is 0 Å². The molecular formula is C21H22N2O2S. The van der Waals surface area contributed by atoms with Crippen LogP contribution in [-0.4, -0.2) is 30.6 Å². The number of thiazole rings is 1. The number of aromatic nitrogens is 1. The topological polar surface area (TPSA) is 34.6 Å². The summed E-state index contributed by atoms with van der Waals surface area (Å²) >= 11 is 1.70. The lowest BCUT2D eigenvalue weighted by Gasteiger charge is -2.28. The molecule has 0 unspecified atom stereocenters. The second kappa shape index (κ2) is 7.48. The van der Waals surface area contributed by atoms with Gasteiger partial charge < -0.3 is 9.47 Å². The highest BCUT2D eigenvalue weighted by atomic mass is 32.1. The van der Waals surface area contributed by atoms with Crippen LogP contribution < -0.4 is 9.47 Å². The Morgan fingerprint density at radius 2 is 1.77 bits per heavy atom. The van der Waals surface area contributed by atoms with E-state index < -0.39 is 0 Å². The third-order valence-corrected chi connectivity index (χ3v) is 5.72. The van der Waals surface area contributed by atoms with Crippen LogP contribution in [0.5, 0.6) is 11.5 Å². The molecular weight excluding hydrogens is 344 g/mol. The van der Waals surface area contributed by atoms with Gasteiger partial charge in [-0.3, -0.25) is 4.90 Å². The average molecular weight is 366 g/mol. The van der Waals surface area contributed by atoms with Gasteiger partial charge >= 0.3 is 0 Å². The van der Waals surface area contributed by atoms with Crippen LogP contribution in [0.15, 0.2) is 47.8 Å². The van der Waals surface area contributed by atoms with E-state index in [1.807, 2.05) is 12.1 Å². The number of hydrogen-bond acceptors (Lipinski definition) is 5. The summed E-state index contributed by atoms with van der Waals surface area (Å²) in [5, 5.41) is 3.22. The average Bonchev–Trinajstić information content (AvgIpc) is 3.16. The standard InChI is InChI=1S/C21H22N2O2S/c1-24-19-6-4-16(5-7-19)21-22-18(14-26-21)13-23-10-9-15-3-8-20(25-2)11-17(15)12-23/h3-8,11,14H,9-10,12-13H2,1-2H3. The van der Waals surface area contributed by atoms with E-state index in [4.69, 9.17) is 14.5 Å². The van der Waals surface area contributed by atoms with Crippen molar-refractivity contribution in [3.63, 3.8) is 0 Å². The Kier molecular flexibility index (Phi) is 4.91. The first kappa shape index (κ1) is 17.1. The van der Waals surface area contributed by atoms with Crippen LogP contribution in [-0.2, 0) is 19.5 Å². The van der Waals surface area contributed by atoms with Crippen molar-refractivity contribution in [2.24, 2.45) is 0 Å². The van der Waals surface area contributed by atoms with E-state index in [2.05, 4.69) is 40.6 Å². The monoisotopic (exact) mass is 366 g/mol. The van der Waals surface area contributed by atoms with Crippen LogP contribution >= 0.6 is 11.3 Å². The van der Waals surface area contributed by atoms with Gasteiger partial charge in [-0.25, -0.2) is 4.98 Å². The molecule has 0 fully saturated rings. The highest BCUT2D eigenvalue weighted by Gasteiger charge is 2.18. The molecule has 2 heterocycles. The van der Waals surface area contributed by atoms with Crippen LogP contribution in [0, 0.1) is 0 Å². The number of fused-ring (bicyclic) bond motifs is 1. The van der Waals surface area contributed by atoms with Gasteiger partial charge in [0.1, 0.15) is 16.5 Å². The predicted octanol–water partition coefficient (Wildman–Crippen LogP) is 4.39. The summed E-state index contributed by atoms with van der Waals surface area (Å²) in [5.74, 6) is 1.80. The van der Waals surface area contributed by atoms with Crippen LogP contribution in [0.3, 0.4) is 0 Å². The fourth-order valence-corrected chi connectivity index (χ4v) is 4.15. The maximum Gasteiger partial charge on any atom is 0.123 e. The maximum absolute atomic E-state index is 5.36. The summed E-state index contributed by atoms with van der Waals surface area (Å²) in [4.78, 5) is 7.28. The summed E-state index contributed by atoms with van der Waals surface area (Å²) in [5.41, 5.74) is 5.06. The van der Waals surface area contributed by atoms with Gasteiger partial charge in [0, 0.05) is 30.6 Å². The molecule has 0 bridgehead atoms. The van der Waals surface area contributed by atoms with Crippen molar-refractivity contribution < 1.29 is 9.47 Å². The molecule has 0 radical (unpaired) electrons. The molecule has 0 N–H and O–H groups in total. The van der Waals surface area contributed by atoms with Crippen LogP contribution in [0.1, 0.15) is 16.8 Å². The Balaban J connectivity index is 1.45. The molecule has 2 aromatic carbocycles. The molecule has 0 spiro atoms. The number of ether oxygens (including phenoxy) is 2. The quantitative estimate of drug-likeness (QED) is 0.671. The minimum absolute atomic E-state index is 0.868. The molecule has 0 amide bonds. The molecule has 26 heavy (non-hydrogen) atoms. The van der Waals surface area contributed by atoms with Gasteiger partial charge in [0.05, 0.1) is 19.9 Å². The fraction of sp³-hybridized carbons (Fsp3) is 0.286. The zero-order valence-electron chi connectivity index (χ0n) is 15.1. The van der Waals surface area contributed by atoms with E-state index >= 15 is 0 Å². The van der Waals surface area contributed by atoms with Gasteiger partial charge in [0.2, 0.25) is 0 Å². The van der Waals surface area contributed by atoms with E-state index in [0.717, 1.165) is 53.8 Å². The highest BCUT2D eigenvalue weighted by Crippen LogP contribution is 2.28. The summed E-state index contributed by atoms with van der Waals surface area (Å²) < 4.78 is 10.6. The summed E-state index contributed by atoms with van der Waals surface area (Å²) in [6, 6.07) is 14.5. The number of benzene rings is 2. The molecule has 0 saturated heterocycles. The van der Waals surface area contributed by atoms with Crippen LogP contribution in [0.4, 0.5) is 0 Å². The number of hydrogen-bond donors (Lipinski definition) is 0. The molecule has 0 atom stereocenters. The Morgan fingerprint density at radius 1 is 1.00 bits per heavy atom.